The van der Waals surface area contributed by atoms with E-state index in [1.807, 2.05) is 18.4 Å². The molecule has 0 bridgehead atoms. The number of halogens is 1. The minimum absolute atomic E-state index is 0.0920. The van der Waals surface area contributed by atoms with Gasteiger partial charge in [-0.25, -0.2) is 0 Å². The molecular formula is C11H13BrN4S. The summed E-state index contributed by atoms with van der Waals surface area (Å²) in [7, 11) is 0. The molecule has 0 amide bonds. The molecule has 2 unspecified atom stereocenters. The van der Waals surface area contributed by atoms with E-state index >= 15 is 0 Å². The lowest BCUT2D eigenvalue weighted by Gasteiger charge is -2.29. The standard InChI is InChI=1S/C11H13BrN4S/c1-8(15)11(10-6-9(12)7-17-10)16(4-2-13)5-3-14/h6-8,11H,4-5,15H2,1H3. The summed E-state index contributed by atoms with van der Waals surface area (Å²) >= 11 is 4.98. The first kappa shape index (κ1) is 14.1. The Kier molecular flexibility index (Phi) is 5.60. The second-order valence-corrected chi connectivity index (χ2v) is 5.55. The van der Waals surface area contributed by atoms with Crippen LogP contribution >= 0.6 is 27.3 Å². The molecule has 2 N–H and O–H groups in total. The molecule has 4 nitrogen and oxygen atoms in total. The summed E-state index contributed by atoms with van der Waals surface area (Å²) < 4.78 is 0.997. The molecule has 0 aliphatic carbocycles. The zero-order chi connectivity index (χ0) is 12.8. The lowest BCUT2D eigenvalue weighted by molar-refractivity contribution is 0.225. The van der Waals surface area contributed by atoms with Gasteiger partial charge in [0.15, 0.2) is 0 Å². The Bertz CT molecular complexity index is 427. The number of rotatable bonds is 5. The molecule has 6 heteroatoms. The highest BCUT2D eigenvalue weighted by molar-refractivity contribution is 9.10. The number of hydrogen-bond acceptors (Lipinski definition) is 5. The summed E-state index contributed by atoms with van der Waals surface area (Å²) in [5.41, 5.74) is 5.97. The Morgan fingerprint density at radius 1 is 1.47 bits per heavy atom. The van der Waals surface area contributed by atoms with Gasteiger partial charge in [0.05, 0.1) is 31.3 Å². The molecule has 1 aromatic heterocycles. The topological polar surface area (TPSA) is 76.8 Å². The van der Waals surface area contributed by atoms with Crippen LogP contribution in [0.25, 0.3) is 0 Å². The maximum atomic E-state index is 8.80. The quantitative estimate of drug-likeness (QED) is 0.846. The fraction of sp³-hybridized carbons (Fsp3) is 0.455. The van der Waals surface area contributed by atoms with E-state index in [2.05, 4.69) is 28.1 Å². The van der Waals surface area contributed by atoms with Crippen molar-refractivity contribution in [1.29, 1.82) is 10.5 Å². The van der Waals surface area contributed by atoms with E-state index in [-0.39, 0.29) is 25.2 Å². The van der Waals surface area contributed by atoms with Crippen molar-refractivity contribution in [3.63, 3.8) is 0 Å². The molecule has 1 rings (SSSR count). The van der Waals surface area contributed by atoms with Crippen molar-refractivity contribution >= 4 is 27.3 Å². The van der Waals surface area contributed by atoms with Crippen LogP contribution in [-0.4, -0.2) is 24.0 Å². The Morgan fingerprint density at radius 3 is 2.41 bits per heavy atom. The van der Waals surface area contributed by atoms with E-state index in [0.717, 1.165) is 9.35 Å². The van der Waals surface area contributed by atoms with Crippen molar-refractivity contribution in [3.05, 3.63) is 20.8 Å². The van der Waals surface area contributed by atoms with Crippen LogP contribution in [0.15, 0.2) is 15.9 Å². The van der Waals surface area contributed by atoms with E-state index in [9.17, 15) is 0 Å². The fourth-order valence-corrected chi connectivity index (χ4v) is 3.38. The Hall–Kier alpha value is -0.920. The summed E-state index contributed by atoms with van der Waals surface area (Å²) in [6.45, 7) is 2.30. The molecule has 0 saturated carbocycles. The molecule has 0 spiro atoms. The van der Waals surface area contributed by atoms with E-state index in [1.54, 1.807) is 16.2 Å². The van der Waals surface area contributed by atoms with Crippen LogP contribution in [-0.2, 0) is 0 Å². The van der Waals surface area contributed by atoms with Crippen LogP contribution in [0.2, 0.25) is 0 Å². The summed E-state index contributed by atoms with van der Waals surface area (Å²) in [4.78, 5) is 2.86. The molecule has 0 fully saturated rings. The minimum Gasteiger partial charge on any atom is -0.326 e. The number of hydrogen-bond donors (Lipinski definition) is 1. The monoisotopic (exact) mass is 312 g/mol. The van der Waals surface area contributed by atoms with Crippen molar-refractivity contribution in [2.24, 2.45) is 5.73 Å². The molecule has 0 saturated heterocycles. The van der Waals surface area contributed by atoms with Gasteiger partial charge in [0, 0.05) is 20.8 Å². The Labute approximate surface area is 113 Å². The van der Waals surface area contributed by atoms with Gasteiger partial charge in [-0.15, -0.1) is 11.3 Å². The molecule has 17 heavy (non-hydrogen) atoms. The zero-order valence-corrected chi connectivity index (χ0v) is 11.8. The molecule has 0 aromatic carbocycles. The van der Waals surface area contributed by atoms with Gasteiger partial charge >= 0.3 is 0 Å². The van der Waals surface area contributed by atoms with Crippen LogP contribution in [0.1, 0.15) is 17.8 Å². The van der Waals surface area contributed by atoms with Gasteiger partial charge in [-0.1, -0.05) is 0 Å². The first-order chi connectivity index (χ1) is 8.10. The summed E-state index contributed by atoms with van der Waals surface area (Å²) in [5.74, 6) is 0. The Balaban J connectivity index is 2.99. The average molecular weight is 313 g/mol. The third-order valence-corrected chi connectivity index (χ3v) is 4.08. The average Bonchev–Trinajstić information content (AvgIpc) is 2.65. The Morgan fingerprint density at radius 2 is 2.06 bits per heavy atom. The van der Waals surface area contributed by atoms with Crippen molar-refractivity contribution in [3.8, 4) is 12.1 Å². The van der Waals surface area contributed by atoms with Crippen molar-refractivity contribution in [2.75, 3.05) is 13.1 Å². The van der Waals surface area contributed by atoms with Crippen LogP contribution in [0.3, 0.4) is 0 Å². The SMILES string of the molecule is CC(N)C(c1cc(Br)cs1)N(CC#N)CC#N. The third kappa shape index (κ3) is 3.79. The van der Waals surface area contributed by atoms with Crippen molar-refractivity contribution < 1.29 is 0 Å². The highest BCUT2D eigenvalue weighted by Crippen LogP contribution is 2.31. The van der Waals surface area contributed by atoms with Crippen LogP contribution < -0.4 is 5.73 Å². The van der Waals surface area contributed by atoms with Gasteiger partial charge in [0.25, 0.3) is 0 Å². The fourth-order valence-electron chi connectivity index (χ4n) is 1.69. The smallest absolute Gasteiger partial charge is 0.0880 e. The first-order valence-electron chi connectivity index (χ1n) is 5.07. The molecule has 90 valence electrons. The van der Waals surface area contributed by atoms with Gasteiger partial charge in [-0.2, -0.15) is 10.5 Å². The van der Waals surface area contributed by atoms with Gasteiger partial charge in [-0.3, -0.25) is 4.90 Å². The zero-order valence-electron chi connectivity index (χ0n) is 9.43. The maximum Gasteiger partial charge on any atom is 0.0880 e. The van der Waals surface area contributed by atoms with Crippen molar-refractivity contribution in [1.82, 2.24) is 4.90 Å². The lowest BCUT2D eigenvalue weighted by Crippen LogP contribution is -2.39. The second kappa shape index (κ2) is 6.73. The van der Waals surface area contributed by atoms with Crippen LogP contribution in [0.4, 0.5) is 0 Å². The van der Waals surface area contributed by atoms with Crippen molar-refractivity contribution in [2.45, 2.75) is 19.0 Å². The molecular weight excluding hydrogens is 300 g/mol. The van der Waals surface area contributed by atoms with E-state index in [1.165, 1.54) is 0 Å². The first-order valence-corrected chi connectivity index (χ1v) is 6.75. The predicted molar refractivity (Wildman–Crippen MR) is 71.2 cm³/mol. The van der Waals surface area contributed by atoms with Crippen LogP contribution in [0, 0.1) is 22.7 Å². The summed E-state index contributed by atoms with van der Waals surface area (Å²) in [5, 5.41) is 19.6. The molecule has 1 heterocycles. The van der Waals surface area contributed by atoms with E-state index < -0.39 is 0 Å². The molecule has 0 aliphatic heterocycles. The summed E-state index contributed by atoms with van der Waals surface area (Å²) in [6.07, 6.45) is 0. The highest BCUT2D eigenvalue weighted by Gasteiger charge is 2.25. The molecule has 2 atom stereocenters. The third-order valence-electron chi connectivity index (χ3n) is 2.32. The summed E-state index contributed by atoms with van der Waals surface area (Å²) in [6, 6.07) is 5.91. The molecule has 0 aliphatic rings. The number of thiophene rings is 1. The van der Waals surface area contributed by atoms with E-state index in [4.69, 9.17) is 16.3 Å². The molecule has 0 radical (unpaired) electrons. The lowest BCUT2D eigenvalue weighted by atomic mass is 10.1. The number of nitrogens with zero attached hydrogens (tertiary/aromatic N) is 3. The number of nitriles is 2. The molecule has 1 aromatic rings. The van der Waals surface area contributed by atoms with Crippen LogP contribution in [0.5, 0.6) is 0 Å². The normalized spacial score (nSPS) is 14.0. The maximum absolute atomic E-state index is 8.80. The van der Waals surface area contributed by atoms with E-state index in [0.29, 0.717) is 0 Å². The predicted octanol–water partition coefficient (Wildman–Crippen LogP) is 2.25. The van der Waals surface area contributed by atoms with Gasteiger partial charge in [0.1, 0.15) is 0 Å². The number of nitrogens with two attached hydrogens (primary N) is 1. The highest BCUT2D eigenvalue weighted by atomic mass is 79.9. The van der Waals surface area contributed by atoms with Gasteiger partial charge < -0.3 is 5.73 Å². The minimum atomic E-state index is -0.137. The largest absolute Gasteiger partial charge is 0.326 e. The van der Waals surface area contributed by atoms with Gasteiger partial charge in [0.2, 0.25) is 0 Å². The second-order valence-electron chi connectivity index (χ2n) is 3.69. The van der Waals surface area contributed by atoms with Gasteiger partial charge in [-0.05, 0) is 28.9 Å².